The highest BCUT2D eigenvalue weighted by atomic mass is 32.1. The van der Waals surface area contributed by atoms with Crippen LogP contribution in [0.2, 0.25) is 0 Å². The first-order chi connectivity index (χ1) is 15.4. The van der Waals surface area contributed by atoms with Crippen molar-refractivity contribution >= 4 is 55.4 Å². The van der Waals surface area contributed by atoms with Crippen LogP contribution in [-0.4, -0.2) is 31.9 Å². The Kier molecular flexibility index (Phi) is 5.59. The lowest BCUT2D eigenvalue weighted by atomic mass is 10.3. The van der Waals surface area contributed by atoms with Gasteiger partial charge in [0.2, 0.25) is 11.6 Å². The van der Waals surface area contributed by atoms with Crippen molar-refractivity contribution in [3.05, 3.63) is 69.0 Å². The molecular formula is C18H14N8O5S. The van der Waals surface area contributed by atoms with Gasteiger partial charge in [-0.15, -0.1) is 0 Å². The maximum Gasteiger partial charge on any atom is 0.355 e. The number of hydrazine groups is 1. The number of hydrogen-bond acceptors (Lipinski definition) is 12. The molecule has 13 nitrogen and oxygen atoms in total. The lowest BCUT2D eigenvalue weighted by Gasteiger charge is -2.10. The predicted octanol–water partition coefficient (Wildman–Crippen LogP) is 4.09. The molecule has 0 spiro atoms. The Bertz CT molecular complexity index is 1310. The van der Waals surface area contributed by atoms with Crippen molar-refractivity contribution in [3.8, 4) is 5.75 Å². The van der Waals surface area contributed by atoms with Crippen LogP contribution in [0.1, 0.15) is 0 Å². The van der Waals surface area contributed by atoms with Gasteiger partial charge in [-0.2, -0.15) is 0 Å². The zero-order chi connectivity index (χ0) is 22.7. The summed E-state index contributed by atoms with van der Waals surface area (Å²) in [6.07, 6.45) is 1.16. The summed E-state index contributed by atoms with van der Waals surface area (Å²) in [5, 5.41) is 25.8. The molecule has 4 aromatic rings. The van der Waals surface area contributed by atoms with Gasteiger partial charge >= 0.3 is 5.69 Å². The van der Waals surface area contributed by atoms with Crippen LogP contribution in [0, 0.1) is 20.2 Å². The summed E-state index contributed by atoms with van der Waals surface area (Å²) in [6, 6.07) is 10.9. The summed E-state index contributed by atoms with van der Waals surface area (Å²) in [6.45, 7) is 0. The second kappa shape index (κ2) is 8.65. The van der Waals surface area contributed by atoms with Gasteiger partial charge in [-0.25, -0.2) is 15.0 Å². The number of rotatable bonds is 8. The largest absolute Gasteiger partial charge is 0.497 e. The number of nitro groups is 2. The van der Waals surface area contributed by atoms with Crippen LogP contribution in [0.15, 0.2) is 48.8 Å². The zero-order valence-electron chi connectivity index (χ0n) is 16.3. The molecular weight excluding hydrogens is 440 g/mol. The monoisotopic (exact) mass is 454 g/mol. The minimum atomic E-state index is -0.626. The molecule has 0 amide bonds. The lowest BCUT2D eigenvalue weighted by molar-refractivity contribution is -0.384. The van der Waals surface area contributed by atoms with Crippen molar-refractivity contribution in [2.24, 2.45) is 0 Å². The molecule has 14 heteroatoms. The molecule has 0 aliphatic heterocycles. The predicted molar refractivity (Wildman–Crippen MR) is 118 cm³/mol. The van der Waals surface area contributed by atoms with E-state index in [1.807, 2.05) is 6.07 Å². The molecule has 2 aromatic heterocycles. The number of non-ortho nitro benzene ring substituents is 1. The number of fused-ring (bicyclic) bond motifs is 1. The summed E-state index contributed by atoms with van der Waals surface area (Å²) in [7, 11) is 1.56. The number of methoxy groups -OCH3 is 1. The van der Waals surface area contributed by atoms with Gasteiger partial charge in [0, 0.05) is 12.1 Å². The SMILES string of the molecule is COc1ccc2nc(Nc3ncnc(NNc4ccc([N+](=O)[O-])cc4)c3[N+](=O)[O-])sc2c1. The summed E-state index contributed by atoms with van der Waals surface area (Å²) in [5.74, 6) is 0.516. The van der Waals surface area contributed by atoms with Crippen LogP contribution < -0.4 is 20.9 Å². The van der Waals surface area contributed by atoms with Gasteiger partial charge in [-0.05, 0) is 30.3 Å². The first kappa shape index (κ1) is 20.7. The third kappa shape index (κ3) is 4.29. The third-order valence-corrected chi connectivity index (χ3v) is 5.16. The standard InChI is InChI=1S/C18H14N8O5S/c1-31-12-6-7-13-14(8-12)32-18(21-13)22-16-15(26(29)30)17(20-9-19-16)24-23-10-2-4-11(5-3-10)25(27)28/h2-9,23H,1H3,(H2,19,20,21,22,24). The number of nitrogens with zero attached hydrogens (tertiary/aromatic N) is 5. The lowest BCUT2D eigenvalue weighted by Crippen LogP contribution is -2.13. The molecule has 32 heavy (non-hydrogen) atoms. The molecule has 0 unspecified atom stereocenters. The number of aromatic nitrogens is 3. The summed E-state index contributed by atoms with van der Waals surface area (Å²) in [4.78, 5) is 33.6. The van der Waals surface area contributed by atoms with E-state index in [1.165, 1.54) is 35.6 Å². The number of hydrogen-bond donors (Lipinski definition) is 3. The number of ether oxygens (including phenoxy) is 1. The Morgan fingerprint density at radius 2 is 1.72 bits per heavy atom. The van der Waals surface area contributed by atoms with E-state index >= 15 is 0 Å². The second-order valence-corrected chi connectivity index (χ2v) is 7.24. The number of nitro benzene ring substituents is 1. The Labute approximate surface area is 183 Å². The highest BCUT2D eigenvalue weighted by molar-refractivity contribution is 7.22. The molecule has 0 saturated carbocycles. The summed E-state index contributed by atoms with van der Waals surface area (Å²) >= 11 is 1.29. The minimum Gasteiger partial charge on any atom is -0.497 e. The van der Waals surface area contributed by atoms with Crippen molar-refractivity contribution < 1.29 is 14.6 Å². The Hall–Kier alpha value is -4.59. The van der Waals surface area contributed by atoms with E-state index in [9.17, 15) is 20.2 Å². The van der Waals surface area contributed by atoms with E-state index in [1.54, 1.807) is 19.2 Å². The van der Waals surface area contributed by atoms with Crippen molar-refractivity contribution in [1.82, 2.24) is 15.0 Å². The molecule has 3 N–H and O–H groups in total. The highest BCUT2D eigenvalue weighted by Crippen LogP contribution is 2.35. The van der Waals surface area contributed by atoms with E-state index in [2.05, 4.69) is 31.1 Å². The van der Waals surface area contributed by atoms with Gasteiger partial charge in [0.1, 0.15) is 12.1 Å². The molecule has 0 radical (unpaired) electrons. The minimum absolute atomic E-state index is 0.0518. The molecule has 162 valence electrons. The quantitative estimate of drug-likeness (QED) is 0.259. The van der Waals surface area contributed by atoms with Crippen molar-refractivity contribution in [2.45, 2.75) is 0 Å². The van der Waals surface area contributed by atoms with Crippen LogP contribution >= 0.6 is 11.3 Å². The fourth-order valence-electron chi connectivity index (χ4n) is 2.72. The molecule has 0 atom stereocenters. The topological polar surface area (TPSA) is 170 Å². The van der Waals surface area contributed by atoms with Crippen molar-refractivity contribution in [2.75, 3.05) is 23.3 Å². The van der Waals surface area contributed by atoms with Gasteiger partial charge in [0.15, 0.2) is 5.13 Å². The Morgan fingerprint density at radius 3 is 2.41 bits per heavy atom. The van der Waals surface area contributed by atoms with Gasteiger partial charge < -0.3 is 10.1 Å². The van der Waals surface area contributed by atoms with E-state index in [-0.39, 0.29) is 17.3 Å². The Morgan fingerprint density at radius 1 is 0.969 bits per heavy atom. The molecule has 2 aromatic carbocycles. The van der Waals surface area contributed by atoms with Gasteiger partial charge in [-0.3, -0.25) is 31.1 Å². The summed E-state index contributed by atoms with van der Waals surface area (Å²) < 4.78 is 6.03. The summed E-state index contributed by atoms with van der Waals surface area (Å²) in [5.41, 5.74) is 6.03. The van der Waals surface area contributed by atoms with Gasteiger partial charge in [0.05, 0.1) is 32.9 Å². The van der Waals surface area contributed by atoms with Crippen LogP contribution in [0.3, 0.4) is 0 Å². The molecule has 2 heterocycles. The van der Waals surface area contributed by atoms with Gasteiger partial charge in [0.25, 0.3) is 5.69 Å². The maximum absolute atomic E-state index is 11.7. The fraction of sp³-hybridized carbons (Fsp3) is 0.0556. The average Bonchev–Trinajstić information content (AvgIpc) is 3.19. The van der Waals surface area contributed by atoms with Crippen LogP contribution in [0.4, 0.5) is 33.8 Å². The fourth-order valence-corrected chi connectivity index (χ4v) is 3.61. The van der Waals surface area contributed by atoms with E-state index in [4.69, 9.17) is 4.74 Å². The zero-order valence-corrected chi connectivity index (χ0v) is 17.1. The first-order valence-electron chi connectivity index (χ1n) is 8.92. The first-order valence-corrected chi connectivity index (χ1v) is 9.73. The van der Waals surface area contributed by atoms with Crippen molar-refractivity contribution in [3.63, 3.8) is 0 Å². The van der Waals surface area contributed by atoms with Gasteiger partial charge in [-0.1, -0.05) is 11.3 Å². The maximum atomic E-state index is 11.7. The normalized spacial score (nSPS) is 10.5. The number of thiazole rings is 1. The van der Waals surface area contributed by atoms with Crippen LogP contribution in [0.5, 0.6) is 5.75 Å². The second-order valence-electron chi connectivity index (χ2n) is 6.21. The van der Waals surface area contributed by atoms with Crippen LogP contribution in [0.25, 0.3) is 10.2 Å². The molecule has 4 rings (SSSR count). The highest BCUT2D eigenvalue weighted by Gasteiger charge is 2.24. The third-order valence-electron chi connectivity index (χ3n) is 4.23. The number of nitrogens with one attached hydrogen (secondary N) is 3. The number of anilines is 4. The number of benzene rings is 2. The van der Waals surface area contributed by atoms with E-state index < -0.39 is 15.5 Å². The molecule has 0 aliphatic carbocycles. The molecule has 0 saturated heterocycles. The Balaban J connectivity index is 1.57. The smallest absolute Gasteiger partial charge is 0.355 e. The van der Waals surface area contributed by atoms with Crippen LogP contribution in [-0.2, 0) is 0 Å². The average molecular weight is 454 g/mol. The molecule has 0 fully saturated rings. The molecule has 0 bridgehead atoms. The molecule has 0 aliphatic rings. The van der Waals surface area contributed by atoms with Crippen molar-refractivity contribution in [1.29, 1.82) is 0 Å². The van der Waals surface area contributed by atoms with E-state index in [0.717, 1.165) is 11.0 Å². The van der Waals surface area contributed by atoms with E-state index in [0.29, 0.717) is 22.1 Å².